The number of aromatic nitrogens is 2. The average molecular weight is 425 g/mol. The largest absolute Gasteiger partial charge is 0.393 e. The predicted molar refractivity (Wildman–Crippen MR) is 123 cm³/mol. The van der Waals surface area contributed by atoms with Crippen LogP contribution < -0.4 is 16.8 Å². The highest BCUT2D eigenvalue weighted by Crippen LogP contribution is 2.45. The van der Waals surface area contributed by atoms with Crippen molar-refractivity contribution in [3.05, 3.63) is 35.7 Å². The van der Waals surface area contributed by atoms with Crippen LogP contribution in [0.3, 0.4) is 0 Å². The van der Waals surface area contributed by atoms with Crippen molar-refractivity contribution in [2.45, 2.75) is 57.0 Å². The van der Waals surface area contributed by atoms with Gasteiger partial charge in [-0.1, -0.05) is 11.2 Å². The van der Waals surface area contributed by atoms with Crippen LogP contribution in [0.2, 0.25) is 0 Å². The molecule has 2 aliphatic rings. The summed E-state index contributed by atoms with van der Waals surface area (Å²) in [6, 6.07) is 7.07. The topological polar surface area (TPSA) is 121 Å². The van der Waals surface area contributed by atoms with E-state index in [0.29, 0.717) is 31.1 Å². The SMILES string of the molecule is COCCO/N=C1\c2cc(NC3CCC(N)CC3)ccc2-c2ncnc(N)c2C1(C)C. The van der Waals surface area contributed by atoms with Gasteiger partial charge in [0.25, 0.3) is 0 Å². The van der Waals surface area contributed by atoms with Gasteiger partial charge in [0.05, 0.1) is 18.0 Å². The number of nitrogens with two attached hydrogens (primary N) is 2. The Morgan fingerprint density at radius 2 is 1.90 bits per heavy atom. The first-order valence-electron chi connectivity index (χ1n) is 10.9. The summed E-state index contributed by atoms with van der Waals surface area (Å²) >= 11 is 0. The van der Waals surface area contributed by atoms with Gasteiger partial charge >= 0.3 is 0 Å². The van der Waals surface area contributed by atoms with Gasteiger partial charge in [0.2, 0.25) is 0 Å². The maximum atomic E-state index is 6.29. The fourth-order valence-corrected chi connectivity index (χ4v) is 4.60. The van der Waals surface area contributed by atoms with Gasteiger partial charge in [-0.25, -0.2) is 9.97 Å². The minimum absolute atomic E-state index is 0.326. The summed E-state index contributed by atoms with van der Waals surface area (Å²) in [5.74, 6) is 0.464. The number of nitrogens with one attached hydrogen (secondary N) is 1. The van der Waals surface area contributed by atoms with Crippen molar-refractivity contribution in [2.24, 2.45) is 10.9 Å². The van der Waals surface area contributed by atoms with Gasteiger partial charge in [-0.05, 0) is 51.7 Å². The number of ether oxygens (including phenoxy) is 1. The molecule has 8 nitrogen and oxygen atoms in total. The molecule has 1 saturated carbocycles. The number of hydrogen-bond acceptors (Lipinski definition) is 8. The normalized spacial score (nSPS) is 23.2. The molecule has 0 aliphatic heterocycles. The molecule has 2 aromatic rings. The van der Waals surface area contributed by atoms with Crippen LogP contribution in [-0.2, 0) is 15.0 Å². The Bertz CT molecular complexity index is 967. The molecule has 0 atom stereocenters. The number of nitrogens with zero attached hydrogens (tertiary/aromatic N) is 3. The van der Waals surface area contributed by atoms with Gasteiger partial charge in [0.15, 0.2) is 0 Å². The molecule has 1 aromatic carbocycles. The lowest BCUT2D eigenvalue weighted by molar-refractivity contribution is 0.0743. The third kappa shape index (κ3) is 4.22. The molecule has 1 aromatic heterocycles. The van der Waals surface area contributed by atoms with E-state index in [0.717, 1.165) is 59.5 Å². The van der Waals surface area contributed by atoms with Crippen LogP contribution in [-0.4, -0.2) is 48.1 Å². The maximum absolute atomic E-state index is 6.29. The lowest BCUT2D eigenvalue weighted by Crippen LogP contribution is -2.36. The number of benzene rings is 1. The number of fused-ring (bicyclic) bond motifs is 3. The zero-order valence-corrected chi connectivity index (χ0v) is 18.5. The third-order valence-electron chi connectivity index (χ3n) is 6.30. The van der Waals surface area contributed by atoms with Crippen LogP contribution in [0.5, 0.6) is 0 Å². The first kappa shape index (κ1) is 21.5. The summed E-state index contributed by atoms with van der Waals surface area (Å²) in [4.78, 5) is 14.4. The average Bonchev–Trinajstić information content (AvgIpc) is 2.74. The van der Waals surface area contributed by atoms with E-state index in [9.17, 15) is 0 Å². The number of nitrogen functional groups attached to an aromatic ring is 1. The number of methoxy groups -OCH3 is 1. The van der Waals surface area contributed by atoms with Crippen LogP contribution in [0.1, 0.15) is 50.7 Å². The lowest BCUT2D eigenvalue weighted by Gasteiger charge is -2.35. The molecule has 1 fully saturated rings. The Morgan fingerprint density at radius 1 is 1.13 bits per heavy atom. The Balaban J connectivity index is 1.74. The van der Waals surface area contributed by atoms with E-state index in [-0.39, 0.29) is 0 Å². The monoisotopic (exact) mass is 424 g/mol. The Kier molecular flexibility index (Phi) is 6.11. The Labute approximate surface area is 183 Å². The van der Waals surface area contributed by atoms with E-state index in [1.807, 2.05) is 0 Å². The van der Waals surface area contributed by atoms with Crippen LogP contribution in [0.15, 0.2) is 29.7 Å². The molecule has 0 bridgehead atoms. The van der Waals surface area contributed by atoms with Crippen molar-refractivity contribution in [1.82, 2.24) is 9.97 Å². The Hall–Kier alpha value is -2.71. The van der Waals surface area contributed by atoms with Gasteiger partial charge in [-0.2, -0.15) is 0 Å². The molecule has 31 heavy (non-hydrogen) atoms. The zero-order chi connectivity index (χ0) is 22.0. The van der Waals surface area contributed by atoms with Crippen LogP contribution in [0.4, 0.5) is 11.5 Å². The van der Waals surface area contributed by atoms with E-state index < -0.39 is 5.41 Å². The van der Waals surface area contributed by atoms with Crippen molar-refractivity contribution in [3.63, 3.8) is 0 Å². The number of anilines is 2. The van der Waals surface area contributed by atoms with Crippen molar-refractivity contribution in [2.75, 3.05) is 31.4 Å². The summed E-state index contributed by atoms with van der Waals surface area (Å²) in [5, 5.41) is 8.22. The molecule has 0 radical (unpaired) electrons. The quantitative estimate of drug-likeness (QED) is 0.481. The first-order valence-corrected chi connectivity index (χ1v) is 10.9. The molecule has 0 spiro atoms. The Morgan fingerprint density at radius 3 is 2.65 bits per heavy atom. The van der Waals surface area contributed by atoms with Crippen LogP contribution in [0, 0.1) is 0 Å². The summed E-state index contributed by atoms with van der Waals surface area (Å²) in [6.07, 6.45) is 5.79. The second-order valence-corrected chi connectivity index (χ2v) is 8.89. The highest BCUT2D eigenvalue weighted by molar-refractivity contribution is 6.16. The maximum Gasteiger partial charge on any atom is 0.140 e. The zero-order valence-electron chi connectivity index (χ0n) is 18.5. The second kappa shape index (κ2) is 8.80. The summed E-state index contributed by atoms with van der Waals surface area (Å²) < 4.78 is 5.09. The molecular weight excluding hydrogens is 392 g/mol. The van der Waals surface area contributed by atoms with Crippen LogP contribution in [0.25, 0.3) is 11.3 Å². The van der Waals surface area contributed by atoms with E-state index in [1.54, 1.807) is 7.11 Å². The minimum Gasteiger partial charge on any atom is -0.393 e. The van der Waals surface area contributed by atoms with Crippen molar-refractivity contribution in [1.29, 1.82) is 0 Å². The predicted octanol–water partition coefficient (Wildman–Crippen LogP) is 3.07. The summed E-state index contributed by atoms with van der Waals surface area (Å²) in [7, 11) is 1.64. The highest BCUT2D eigenvalue weighted by Gasteiger charge is 2.41. The minimum atomic E-state index is -0.517. The van der Waals surface area contributed by atoms with Gasteiger partial charge in [0, 0.05) is 47.0 Å². The smallest absolute Gasteiger partial charge is 0.140 e. The number of rotatable bonds is 6. The standard InChI is InChI=1S/C23H32N6O2/c1-23(2)19-20(26-13-27-22(19)25)17-9-8-16(28-15-6-4-14(24)5-7-15)12-18(17)21(23)29-31-11-10-30-3/h8-9,12-15,28H,4-7,10-11,24H2,1-3H3,(H2,25,26,27)/b29-21+. The number of oxime groups is 1. The van der Waals surface area contributed by atoms with E-state index in [2.05, 4.69) is 52.5 Å². The van der Waals surface area contributed by atoms with Gasteiger partial charge in [-0.3, -0.25) is 0 Å². The molecular formula is C23H32N6O2. The molecule has 4 rings (SSSR count). The van der Waals surface area contributed by atoms with Gasteiger partial charge < -0.3 is 26.4 Å². The summed E-state index contributed by atoms with van der Waals surface area (Å²) in [6.45, 7) is 5.00. The fourth-order valence-electron chi connectivity index (χ4n) is 4.60. The van der Waals surface area contributed by atoms with E-state index >= 15 is 0 Å². The van der Waals surface area contributed by atoms with Crippen molar-refractivity contribution in [3.8, 4) is 11.3 Å². The molecule has 166 valence electrons. The molecule has 0 amide bonds. The molecule has 1 heterocycles. The van der Waals surface area contributed by atoms with E-state index in [1.165, 1.54) is 6.33 Å². The van der Waals surface area contributed by atoms with Crippen LogP contribution >= 0.6 is 0 Å². The fraction of sp³-hybridized carbons (Fsp3) is 0.522. The second-order valence-electron chi connectivity index (χ2n) is 8.89. The van der Waals surface area contributed by atoms with Crippen molar-refractivity contribution < 1.29 is 9.57 Å². The van der Waals surface area contributed by atoms with Crippen molar-refractivity contribution >= 4 is 17.2 Å². The third-order valence-corrected chi connectivity index (χ3v) is 6.30. The first-order chi connectivity index (χ1) is 14.9. The molecule has 2 aliphatic carbocycles. The van der Waals surface area contributed by atoms with Gasteiger partial charge in [0.1, 0.15) is 18.8 Å². The van der Waals surface area contributed by atoms with E-state index in [4.69, 9.17) is 21.0 Å². The van der Waals surface area contributed by atoms with Gasteiger partial charge in [-0.15, -0.1) is 0 Å². The lowest BCUT2D eigenvalue weighted by atomic mass is 9.70. The molecule has 0 saturated heterocycles. The highest BCUT2D eigenvalue weighted by atomic mass is 16.6. The molecule has 8 heteroatoms. The molecule has 0 unspecified atom stereocenters. The summed E-state index contributed by atoms with van der Waals surface area (Å²) in [5.41, 5.74) is 17.4. The number of hydrogen-bond donors (Lipinski definition) is 3. The molecule has 5 N–H and O–H groups in total.